The predicted molar refractivity (Wildman–Crippen MR) is 96.9 cm³/mol. The first kappa shape index (κ1) is 18.7. The van der Waals surface area contributed by atoms with Gasteiger partial charge in [-0.05, 0) is 58.7 Å². The van der Waals surface area contributed by atoms with Gasteiger partial charge in [0.1, 0.15) is 0 Å². The van der Waals surface area contributed by atoms with Gasteiger partial charge in [0.15, 0.2) is 0 Å². The molecule has 1 aliphatic carbocycles. The SMILES string of the molecule is C[C@H](C[C@H](O)c1ccccc1)NC(=O)N[C@@H]1CCC[C@@H](N(C)C)C1. The van der Waals surface area contributed by atoms with Crippen LogP contribution in [0.25, 0.3) is 0 Å². The number of amides is 2. The molecule has 0 radical (unpaired) electrons. The van der Waals surface area contributed by atoms with Gasteiger partial charge in [-0.2, -0.15) is 0 Å². The minimum atomic E-state index is -0.561. The van der Waals surface area contributed by atoms with Crippen LogP contribution in [-0.4, -0.2) is 48.3 Å². The standard InChI is InChI=1S/C19H31N3O2/c1-14(12-18(23)15-8-5-4-6-9-15)20-19(24)21-16-10-7-11-17(13-16)22(2)3/h4-6,8-9,14,16-18,23H,7,10-13H2,1-3H3,(H2,20,21,24)/t14-,16-,17-,18+/m1/s1. The van der Waals surface area contributed by atoms with E-state index < -0.39 is 6.10 Å². The quantitative estimate of drug-likeness (QED) is 0.750. The van der Waals surface area contributed by atoms with Crippen LogP contribution in [0.3, 0.4) is 0 Å². The van der Waals surface area contributed by atoms with E-state index in [2.05, 4.69) is 29.6 Å². The number of carbonyl (C=O) groups excluding carboxylic acids is 1. The smallest absolute Gasteiger partial charge is 0.315 e. The summed E-state index contributed by atoms with van der Waals surface area (Å²) in [6, 6.07) is 10.1. The molecule has 3 N–H and O–H groups in total. The summed E-state index contributed by atoms with van der Waals surface area (Å²) in [7, 11) is 4.19. The van der Waals surface area contributed by atoms with Gasteiger partial charge in [0.05, 0.1) is 6.10 Å². The Kier molecular flexibility index (Phi) is 7.06. The van der Waals surface area contributed by atoms with Gasteiger partial charge in [-0.15, -0.1) is 0 Å². The molecule has 24 heavy (non-hydrogen) atoms. The fraction of sp³-hybridized carbons (Fsp3) is 0.632. The van der Waals surface area contributed by atoms with E-state index >= 15 is 0 Å². The van der Waals surface area contributed by atoms with Crippen molar-refractivity contribution in [1.82, 2.24) is 15.5 Å². The molecule has 134 valence electrons. The number of nitrogens with one attached hydrogen (secondary N) is 2. The summed E-state index contributed by atoms with van der Waals surface area (Å²) < 4.78 is 0. The number of hydrogen-bond donors (Lipinski definition) is 3. The molecule has 2 rings (SSSR count). The lowest BCUT2D eigenvalue weighted by Gasteiger charge is -2.34. The second-order valence-corrected chi connectivity index (χ2v) is 7.16. The van der Waals surface area contributed by atoms with E-state index in [1.54, 1.807) is 0 Å². The van der Waals surface area contributed by atoms with Crippen molar-refractivity contribution in [3.05, 3.63) is 35.9 Å². The number of rotatable bonds is 6. The monoisotopic (exact) mass is 333 g/mol. The fourth-order valence-corrected chi connectivity index (χ4v) is 3.42. The number of carbonyl (C=O) groups is 1. The van der Waals surface area contributed by atoms with Gasteiger partial charge in [0.25, 0.3) is 0 Å². The molecule has 0 aromatic heterocycles. The van der Waals surface area contributed by atoms with Crippen molar-refractivity contribution in [2.45, 2.75) is 63.3 Å². The van der Waals surface area contributed by atoms with Crippen LogP contribution in [0.2, 0.25) is 0 Å². The van der Waals surface area contributed by atoms with Gasteiger partial charge in [-0.1, -0.05) is 30.3 Å². The highest BCUT2D eigenvalue weighted by Gasteiger charge is 2.25. The van der Waals surface area contributed by atoms with Crippen LogP contribution in [0.5, 0.6) is 0 Å². The molecule has 0 bridgehead atoms. The Bertz CT molecular complexity index is 507. The van der Waals surface area contributed by atoms with Crippen LogP contribution in [0.4, 0.5) is 4.79 Å². The summed E-state index contributed by atoms with van der Waals surface area (Å²) in [6.45, 7) is 1.93. The van der Waals surface area contributed by atoms with E-state index in [1.807, 2.05) is 37.3 Å². The van der Waals surface area contributed by atoms with Crippen molar-refractivity contribution in [2.75, 3.05) is 14.1 Å². The third-order valence-corrected chi connectivity index (χ3v) is 4.85. The Hall–Kier alpha value is -1.59. The molecule has 1 aliphatic rings. The van der Waals surface area contributed by atoms with E-state index in [4.69, 9.17) is 0 Å². The van der Waals surface area contributed by atoms with Crippen molar-refractivity contribution in [2.24, 2.45) is 0 Å². The maximum Gasteiger partial charge on any atom is 0.315 e. The number of aliphatic hydroxyl groups excluding tert-OH is 1. The summed E-state index contributed by atoms with van der Waals surface area (Å²) in [4.78, 5) is 14.4. The van der Waals surface area contributed by atoms with E-state index in [9.17, 15) is 9.90 Å². The maximum absolute atomic E-state index is 12.2. The molecule has 5 nitrogen and oxygen atoms in total. The van der Waals surface area contributed by atoms with Gasteiger partial charge >= 0.3 is 6.03 Å². The number of hydrogen-bond acceptors (Lipinski definition) is 3. The van der Waals surface area contributed by atoms with E-state index in [0.717, 1.165) is 24.8 Å². The van der Waals surface area contributed by atoms with Crippen LogP contribution in [0, 0.1) is 0 Å². The lowest BCUT2D eigenvalue weighted by molar-refractivity contribution is 0.153. The molecule has 1 aromatic carbocycles. The fourth-order valence-electron chi connectivity index (χ4n) is 3.42. The van der Waals surface area contributed by atoms with Crippen LogP contribution < -0.4 is 10.6 Å². The number of urea groups is 1. The molecule has 0 unspecified atom stereocenters. The van der Waals surface area contributed by atoms with Crippen molar-refractivity contribution < 1.29 is 9.90 Å². The minimum Gasteiger partial charge on any atom is -0.388 e. The molecule has 4 atom stereocenters. The second kappa shape index (κ2) is 9.04. The van der Waals surface area contributed by atoms with Gasteiger partial charge < -0.3 is 20.6 Å². The average Bonchev–Trinajstić information content (AvgIpc) is 2.55. The summed E-state index contributed by atoms with van der Waals surface area (Å²) >= 11 is 0. The Morgan fingerprint density at radius 3 is 2.67 bits per heavy atom. The van der Waals surface area contributed by atoms with E-state index in [1.165, 1.54) is 6.42 Å². The number of aliphatic hydroxyl groups is 1. The lowest BCUT2D eigenvalue weighted by Crippen LogP contribution is -2.49. The zero-order chi connectivity index (χ0) is 17.5. The van der Waals surface area contributed by atoms with Gasteiger partial charge in [0, 0.05) is 18.1 Å². The highest BCUT2D eigenvalue weighted by molar-refractivity contribution is 5.74. The molecule has 1 fully saturated rings. The molecule has 2 amide bonds. The maximum atomic E-state index is 12.2. The van der Waals surface area contributed by atoms with E-state index in [-0.39, 0.29) is 18.1 Å². The molecule has 1 saturated carbocycles. The Balaban J connectivity index is 1.75. The highest BCUT2D eigenvalue weighted by atomic mass is 16.3. The normalized spacial score (nSPS) is 23.5. The van der Waals surface area contributed by atoms with Crippen molar-refractivity contribution in [3.8, 4) is 0 Å². The van der Waals surface area contributed by atoms with Crippen LogP contribution >= 0.6 is 0 Å². The molecule has 0 saturated heterocycles. The van der Waals surface area contributed by atoms with Crippen molar-refractivity contribution in [1.29, 1.82) is 0 Å². The second-order valence-electron chi connectivity index (χ2n) is 7.16. The molecule has 0 spiro atoms. The summed E-state index contributed by atoms with van der Waals surface area (Å²) in [5, 5.41) is 16.3. The van der Waals surface area contributed by atoms with Gasteiger partial charge in [-0.25, -0.2) is 4.79 Å². The minimum absolute atomic E-state index is 0.0894. The molecule has 0 heterocycles. The Morgan fingerprint density at radius 1 is 1.29 bits per heavy atom. The van der Waals surface area contributed by atoms with Crippen LogP contribution in [0.15, 0.2) is 30.3 Å². The average molecular weight is 333 g/mol. The first-order chi connectivity index (χ1) is 11.5. The van der Waals surface area contributed by atoms with Gasteiger partial charge in [0.2, 0.25) is 0 Å². The number of benzene rings is 1. The third kappa shape index (κ3) is 5.80. The van der Waals surface area contributed by atoms with Crippen LogP contribution in [0.1, 0.15) is 50.7 Å². The summed E-state index contributed by atoms with van der Waals surface area (Å²) in [5.74, 6) is 0. The first-order valence-electron chi connectivity index (χ1n) is 8.92. The van der Waals surface area contributed by atoms with Crippen molar-refractivity contribution in [3.63, 3.8) is 0 Å². The zero-order valence-corrected chi connectivity index (χ0v) is 15.0. The Morgan fingerprint density at radius 2 is 2.00 bits per heavy atom. The predicted octanol–water partition coefficient (Wildman–Crippen LogP) is 2.67. The zero-order valence-electron chi connectivity index (χ0n) is 15.0. The molecule has 5 heteroatoms. The summed E-state index contributed by atoms with van der Waals surface area (Å²) in [6.07, 6.45) is 4.33. The third-order valence-electron chi connectivity index (χ3n) is 4.85. The van der Waals surface area contributed by atoms with Crippen molar-refractivity contribution >= 4 is 6.03 Å². The largest absolute Gasteiger partial charge is 0.388 e. The molecular formula is C19H31N3O2. The molecule has 1 aromatic rings. The first-order valence-corrected chi connectivity index (χ1v) is 8.92. The highest BCUT2D eigenvalue weighted by Crippen LogP contribution is 2.22. The topological polar surface area (TPSA) is 64.6 Å². The van der Waals surface area contributed by atoms with Crippen LogP contribution in [-0.2, 0) is 0 Å². The lowest BCUT2D eigenvalue weighted by atomic mass is 9.90. The van der Waals surface area contributed by atoms with E-state index in [0.29, 0.717) is 12.5 Å². The van der Waals surface area contributed by atoms with Gasteiger partial charge in [-0.3, -0.25) is 0 Å². The molecular weight excluding hydrogens is 302 g/mol. The number of nitrogens with zero attached hydrogens (tertiary/aromatic N) is 1. The Labute approximate surface area is 145 Å². The summed E-state index contributed by atoms with van der Waals surface area (Å²) in [5.41, 5.74) is 0.882. The molecule has 0 aliphatic heterocycles.